The summed E-state index contributed by atoms with van der Waals surface area (Å²) in [6, 6.07) is 14.1. The molecule has 1 aliphatic rings. The first-order chi connectivity index (χ1) is 15.9. The standard InChI is InChI=1S/C23H24ClF2N5O2/c1-2-29-10-12-30(13-11-29)23(32)31(19-5-3-4-18(24)14-19)15-16-6-8-17(9-7-16)21-27-28-22(33-21)20(25)26/h3-9,14,20H,2,10-13,15H2,1H3. The van der Waals surface area contributed by atoms with E-state index in [0.717, 1.165) is 25.2 Å². The zero-order valence-electron chi connectivity index (χ0n) is 18.1. The number of carbonyl (C=O) groups is 1. The Kier molecular flexibility index (Phi) is 7.20. The Balaban J connectivity index is 1.54. The van der Waals surface area contributed by atoms with E-state index in [1.807, 2.05) is 17.0 Å². The Labute approximate surface area is 195 Å². The van der Waals surface area contributed by atoms with Crippen molar-refractivity contribution in [3.05, 3.63) is 65.0 Å². The van der Waals surface area contributed by atoms with Crippen LogP contribution in [0.2, 0.25) is 5.02 Å². The van der Waals surface area contributed by atoms with Gasteiger partial charge in [0.1, 0.15) is 0 Å². The van der Waals surface area contributed by atoms with Crippen LogP contribution in [0.5, 0.6) is 0 Å². The molecule has 2 aromatic carbocycles. The lowest BCUT2D eigenvalue weighted by Gasteiger charge is -2.37. The Hall–Kier alpha value is -3.04. The normalized spacial score (nSPS) is 14.6. The predicted octanol–water partition coefficient (Wildman–Crippen LogP) is 5.09. The third-order valence-corrected chi connectivity index (χ3v) is 5.84. The summed E-state index contributed by atoms with van der Waals surface area (Å²) in [5.41, 5.74) is 2.08. The van der Waals surface area contributed by atoms with Gasteiger partial charge >= 0.3 is 12.5 Å². The summed E-state index contributed by atoms with van der Waals surface area (Å²) in [6.07, 6.45) is -2.82. The van der Waals surface area contributed by atoms with Crippen LogP contribution in [0.1, 0.15) is 24.8 Å². The van der Waals surface area contributed by atoms with Crippen molar-refractivity contribution in [2.45, 2.75) is 19.9 Å². The number of benzene rings is 2. The van der Waals surface area contributed by atoms with Gasteiger partial charge in [-0.2, -0.15) is 8.78 Å². The lowest BCUT2D eigenvalue weighted by atomic mass is 10.1. The summed E-state index contributed by atoms with van der Waals surface area (Å²) in [7, 11) is 0. The molecule has 0 spiro atoms. The predicted molar refractivity (Wildman–Crippen MR) is 121 cm³/mol. The molecule has 174 valence electrons. The molecule has 10 heteroatoms. The van der Waals surface area contributed by atoms with Gasteiger partial charge in [-0.25, -0.2) is 4.79 Å². The molecule has 1 aromatic heterocycles. The van der Waals surface area contributed by atoms with Crippen LogP contribution < -0.4 is 4.90 Å². The topological polar surface area (TPSA) is 65.7 Å². The average molecular weight is 476 g/mol. The van der Waals surface area contributed by atoms with Gasteiger partial charge < -0.3 is 14.2 Å². The van der Waals surface area contributed by atoms with E-state index in [1.165, 1.54) is 0 Å². The molecule has 0 aliphatic carbocycles. The van der Waals surface area contributed by atoms with E-state index < -0.39 is 12.3 Å². The van der Waals surface area contributed by atoms with Crippen molar-refractivity contribution in [1.82, 2.24) is 20.0 Å². The van der Waals surface area contributed by atoms with Crippen molar-refractivity contribution in [2.75, 3.05) is 37.6 Å². The summed E-state index contributed by atoms with van der Waals surface area (Å²) < 4.78 is 30.4. The Morgan fingerprint density at radius 3 is 2.45 bits per heavy atom. The summed E-state index contributed by atoms with van der Waals surface area (Å²) in [5.74, 6) is -0.691. The largest absolute Gasteiger partial charge is 0.415 e. The van der Waals surface area contributed by atoms with Gasteiger partial charge in [-0.1, -0.05) is 36.7 Å². The molecule has 0 radical (unpaired) electrons. The van der Waals surface area contributed by atoms with E-state index in [1.54, 1.807) is 41.3 Å². The van der Waals surface area contributed by atoms with Crippen LogP contribution in [0, 0.1) is 0 Å². The third kappa shape index (κ3) is 5.48. The van der Waals surface area contributed by atoms with Gasteiger partial charge in [-0.15, -0.1) is 10.2 Å². The molecule has 0 N–H and O–H groups in total. The molecule has 1 fully saturated rings. The first kappa shape index (κ1) is 23.1. The number of hydrogen-bond donors (Lipinski definition) is 0. The minimum absolute atomic E-state index is 0.0217. The van der Waals surface area contributed by atoms with E-state index in [0.29, 0.717) is 35.9 Å². The number of rotatable bonds is 6. The van der Waals surface area contributed by atoms with Crippen LogP contribution in [-0.4, -0.2) is 58.8 Å². The SMILES string of the molecule is CCN1CCN(C(=O)N(Cc2ccc(-c3nnc(C(F)F)o3)cc2)c2cccc(Cl)c2)CC1. The number of likely N-dealkylation sites (N-methyl/N-ethyl adjacent to an activating group) is 1. The lowest BCUT2D eigenvalue weighted by Crippen LogP contribution is -2.52. The fraction of sp³-hybridized carbons (Fsp3) is 0.348. The highest BCUT2D eigenvalue weighted by atomic mass is 35.5. The highest BCUT2D eigenvalue weighted by molar-refractivity contribution is 6.30. The van der Waals surface area contributed by atoms with Crippen molar-refractivity contribution in [1.29, 1.82) is 0 Å². The summed E-state index contributed by atoms with van der Waals surface area (Å²) in [5, 5.41) is 7.57. The van der Waals surface area contributed by atoms with Crippen LogP contribution in [0.15, 0.2) is 52.9 Å². The maximum absolute atomic E-state index is 13.5. The Morgan fingerprint density at radius 1 is 1.12 bits per heavy atom. The van der Waals surface area contributed by atoms with Crippen molar-refractivity contribution in [3.63, 3.8) is 0 Å². The quantitative estimate of drug-likeness (QED) is 0.496. The minimum atomic E-state index is -2.82. The smallest absolute Gasteiger partial charge is 0.324 e. The third-order valence-electron chi connectivity index (χ3n) is 5.61. The van der Waals surface area contributed by atoms with Crippen LogP contribution >= 0.6 is 11.6 Å². The Bertz CT molecular complexity index is 1080. The maximum Gasteiger partial charge on any atom is 0.324 e. The summed E-state index contributed by atoms with van der Waals surface area (Å²) >= 11 is 6.20. The van der Waals surface area contributed by atoms with Crippen LogP contribution in [0.3, 0.4) is 0 Å². The molecule has 2 amide bonds. The second-order valence-corrected chi connectivity index (χ2v) is 8.15. The molecular formula is C23H24ClF2N5O2. The molecule has 33 heavy (non-hydrogen) atoms. The van der Waals surface area contributed by atoms with Crippen molar-refractivity contribution in [2.24, 2.45) is 0 Å². The van der Waals surface area contributed by atoms with Gasteiger partial charge in [0.2, 0.25) is 5.89 Å². The second-order valence-electron chi connectivity index (χ2n) is 7.71. The van der Waals surface area contributed by atoms with E-state index in [-0.39, 0.29) is 11.9 Å². The summed E-state index contributed by atoms with van der Waals surface area (Å²) in [6.45, 7) is 6.39. The number of hydrogen-bond acceptors (Lipinski definition) is 5. The average Bonchev–Trinajstić information content (AvgIpc) is 3.33. The molecule has 0 atom stereocenters. The van der Waals surface area contributed by atoms with E-state index in [9.17, 15) is 13.6 Å². The molecular weight excluding hydrogens is 452 g/mol. The lowest BCUT2D eigenvalue weighted by molar-refractivity contribution is 0.116. The van der Waals surface area contributed by atoms with Crippen molar-refractivity contribution in [3.8, 4) is 11.5 Å². The van der Waals surface area contributed by atoms with Crippen LogP contribution in [0.25, 0.3) is 11.5 Å². The number of urea groups is 1. The number of carbonyl (C=O) groups excluding carboxylic acids is 1. The number of aromatic nitrogens is 2. The second kappa shape index (κ2) is 10.3. The molecule has 0 bridgehead atoms. The van der Waals surface area contributed by atoms with Gasteiger partial charge in [-0.3, -0.25) is 4.90 Å². The number of alkyl halides is 2. The molecule has 1 saturated heterocycles. The number of anilines is 1. The Morgan fingerprint density at radius 2 is 1.85 bits per heavy atom. The summed E-state index contributed by atoms with van der Waals surface area (Å²) in [4.78, 5) is 19.3. The fourth-order valence-electron chi connectivity index (χ4n) is 3.71. The number of amides is 2. The van der Waals surface area contributed by atoms with Crippen LogP contribution in [-0.2, 0) is 6.54 Å². The molecule has 2 heterocycles. The van der Waals surface area contributed by atoms with E-state index in [4.69, 9.17) is 16.0 Å². The fourth-order valence-corrected chi connectivity index (χ4v) is 3.90. The van der Waals surface area contributed by atoms with Gasteiger partial charge in [0, 0.05) is 42.5 Å². The minimum Gasteiger partial charge on any atom is -0.415 e. The number of halogens is 3. The number of piperazine rings is 1. The van der Waals surface area contributed by atoms with Gasteiger partial charge in [0.05, 0.1) is 6.54 Å². The van der Waals surface area contributed by atoms with Gasteiger partial charge in [-0.05, 0) is 42.4 Å². The van der Waals surface area contributed by atoms with Gasteiger partial charge in [0.25, 0.3) is 5.89 Å². The first-order valence-corrected chi connectivity index (χ1v) is 11.1. The number of nitrogens with zero attached hydrogens (tertiary/aromatic N) is 5. The molecule has 0 unspecified atom stereocenters. The highest BCUT2D eigenvalue weighted by Crippen LogP contribution is 2.26. The maximum atomic E-state index is 13.5. The van der Waals surface area contributed by atoms with Crippen molar-refractivity contribution >= 4 is 23.3 Å². The van der Waals surface area contributed by atoms with E-state index >= 15 is 0 Å². The van der Waals surface area contributed by atoms with E-state index in [2.05, 4.69) is 22.0 Å². The van der Waals surface area contributed by atoms with Crippen molar-refractivity contribution < 1.29 is 18.0 Å². The zero-order valence-corrected chi connectivity index (χ0v) is 18.9. The highest BCUT2D eigenvalue weighted by Gasteiger charge is 2.26. The molecule has 4 rings (SSSR count). The van der Waals surface area contributed by atoms with Gasteiger partial charge in [0.15, 0.2) is 0 Å². The zero-order chi connectivity index (χ0) is 23.4. The molecule has 7 nitrogen and oxygen atoms in total. The monoisotopic (exact) mass is 475 g/mol. The van der Waals surface area contributed by atoms with Crippen LogP contribution in [0.4, 0.5) is 19.3 Å². The molecule has 1 aliphatic heterocycles. The first-order valence-electron chi connectivity index (χ1n) is 10.7. The molecule has 0 saturated carbocycles. The molecule has 3 aromatic rings.